The molecule has 0 aliphatic heterocycles. The third-order valence-corrected chi connectivity index (χ3v) is 5.09. The topological polar surface area (TPSA) is 53.2 Å². The average Bonchev–Trinajstić information content (AvgIpc) is 2.49. The fourth-order valence-corrected chi connectivity index (χ4v) is 3.55. The van der Waals surface area contributed by atoms with Crippen LogP contribution in [0.25, 0.3) is 0 Å². The molecule has 2 aromatic carbocycles. The molecule has 0 saturated carbocycles. The van der Waals surface area contributed by atoms with Gasteiger partial charge in [0.1, 0.15) is 5.75 Å². The maximum atomic E-state index is 12.8. The normalized spacial score (nSPS) is 13.1. The molecule has 0 spiro atoms. The van der Waals surface area contributed by atoms with Gasteiger partial charge in [0.2, 0.25) is 0 Å². The fourth-order valence-electron chi connectivity index (χ4n) is 1.96. The Morgan fingerprint density at radius 3 is 2.33 bits per heavy atom. The van der Waals surface area contributed by atoms with Gasteiger partial charge in [-0.3, -0.25) is 0 Å². The lowest BCUT2D eigenvalue weighted by molar-refractivity contribution is 0.676. The zero-order chi connectivity index (χ0) is 15.1. The second kappa shape index (κ2) is 7.05. The minimum atomic E-state index is -2.54. The first-order chi connectivity index (χ1) is 10.1. The quantitative estimate of drug-likeness (QED) is 0.845. The van der Waals surface area contributed by atoms with Crippen molar-refractivity contribution < 1.29 is 4.21 Å². The first kappa shape index (κ1) is 15.3. The van der Waals surface area contributed by atoms with Crippen LogP contribution in [0.15, 0.2) is 59.0 Å². The molecule has 0 aliphatic carbocycles. The summed E-state index contributed by atoms with van der Waals surface area (Å²) in [5, 5.41) is 8.93. The van der Waals surface area contributed by atoms with E-state index in [1.807, 2.05) is 67.6 Å². The second-order valence-electron chi connectivity index (χ2n) is 4.98. The molecule has 2 rings (SSSR count). The molecule has 0 aliphatic rings. The molecule has 1 atom stereocenters. The summed E-state index contributed by atoms with van der Waals surface area (Å²) in [6.45, 7) is 2.39. The molecule has 0 saturated heterocycles. The third-order valence-electron chi connectivity index (χ3n) is 3.13. The molecule has 2 aromatic rings. The summed E-state index contributed by atoms with van der Waals surface area (Å²) in [6, 6.07) is 19.6. The fraction of sp³-hybridized carbons (Fsp3) is 0.235. The van der Waals surface area contributed by atoms with E-state index in [1.165, 1.54) is 0 Å². The summed E-state index contributed by atoms with van der Waals surface area (Å²) in [5.41, 5.74) is 3.12. The van der Waals surface area contributed by atoms with Crippen LogP contribution in [-0.4, -0.2) is 9.96 Å². The van der Waals surface area contributed by atoms with E-state index in [0.717, 1.165) is 16.7 Å². The molecule has 0 radical (unpaired) electrons. The molecule has 21 heavy (non-hydrogen) atoms. The summed E-state index contributed by atoms with van der Waals surface area (Å²) in [5.74, 6) is 0.293. The molecule has 0 amide bonds. The highest BCUT2D eigenvalue weighted by atomic mass is 32.2. The van der Waals surface area contributed by atoms with Crippen LogP contribution in [-0.2, 0) is 22.0 Å². The maximum absolute atomic E-state index is 12.8. The number of benzene rings is 2. The molecule has 0 aromatic heterocycles. The van der Waals surface area contributed by atoms with Gasteiger partial charge in [-0.1, -0.05) is 60.2 Å². The van der Waals surface area contributed by atoms with Crippen molar-refractivity contribution in [1.82, 2.24) is 0 Å². The smallest absolute Gasteiger partial charge is 0.119 e. The Kier molecular flexibility index (Phi) is 5.13. The number of nitriles is 1. The van der Waals surface area contributed by atoms with Crippen LogP contribution in [0.4, 0.5) is 0 Å². The Bertz CT molecular complexity index is 737. The van der Waals surface area contributed by atoms with Gasteiger partial charge in [-0.25, -0.2) is 8.57 Å². The zero-order valence-corrected chi connectivity index (χ0v) is 12.8. The van der Waals surface area contributed by atoms with Crippen molar-refractivity contribution >= 4 is 9.73 Å². The highest BCUT2D eigenvalue weighted by Crippen LogP contribution is 2.12. The van der Waals surface area contributed by atoms with Crippen LogP contribution in [0.5, 0.6) is 0 Å². The summed E-state index contributed by atoms with van der Waals surface area (Å²) < 4.78 is 17.2. The van der Waals surface area contributed by atoms with Gasteiger partial charge in [0, 0.05) is 0 Å². The molecular formula is C17H18N2OS. The molecule has 108 valence electrons. The summed E-state index contributed by atoms with van der Waals surface area (Å²) in [7, 11) is -2.54. The van der Waals surface area contributed by atoms with Crippen LogP contribution in [0.1, 0.15) is 16.7 Å². The minimum Gasteiger partial charge on any atom is -0.248 e. The SMILES string of the molecule is Cc1ccc(CS(=O)(CC#N)=NCc2ccccc2)cc1. The van der Waals surface area contributed by atoms with Gasteiger partial charge in [-0.05, 0) is 18.1 Å². The molecular weight excluding hydrogens is 280 g/mol. The lowest BCUT2D eigenvalue weighted by Gasteiger charge is -2.07. The van der Waals surface area contributed by atoms with Gasteiger partial charge in [0.25, 0.3) is 0 Å². The Morgan fingerprint density at radius 1 is 1.05 bits per heavy atom. The van der Waals surface area contributed by atoms with E-state index in [2.05, 4.69) is 4.36 Å². The van der Waals surface area contributed by atoms with E-state index < -0.39 is 9.73 Å². The second-order valence-corrected chi connectivity index (χ2v) is 7.36. The number of hydrogen-bond acceptors (Lipinski definition) is 3. The predicted molar refractivity (Wildman–Crippen MR) is 86.1 cm³/mol. The van der Waals surface area contributed by atoms with Gasteiger partial charge in [-0.15, -0.1) is 0 Å². The van der Waals surface area contributed by atoms with Gasteiger partial charge in [0.05, 0.1) is 28.1 Å². The highest BCUT2D eigenvalue weighted by Gasteiger charge is 2.10. The van der Waals surface area contributed by atoms with Crippen LogP contribution in [0, 0.1) is 18.3 Å². The van der Waals surface area contributed by atoms with Crippen molar-refractivity contribution in [2.75, 3.05) is 5.75 Å². The predicted octanol–water partition coefficient (Wildman–Crippen LogP) is 3.69. The zero-order valence-electron chi connectivity index (χ0n) is 12.0. The maximum Gasteiger partial charge on any atom is 0.119 e. The summed E-state index contributed by atoms with van der Waals surface area (Å²) in [6.07, 6.45) is 0. The molecule has 3 nitrogen and oxygen atoms in total. The largest absolute Gasteiger partial charge is 0.248 e. The number of aryl methyl sites for hydroxylation is 1. The molecule has 0 fully saturated rings. The third kappa shape index (κ3) is 4.73. The lowest BCUT2D eigenvalue weighted by Crippen LogP contribution is -2.08. The molecule has 0 bridgehead atoms. The number of rotatable bonds is 5. The van der Waals surface area contributed by atoms with Gasteiger partial charge < -0.3 is 0 Å². The minimum absolute atomic E-state index is 0.0340. The monoisotopic (exact) mass is 298 g/mol. The van der Waals surface area contributed by atoms with Crippen molar-refractivity contribution in [3.8, 4) is 6.07 Å². The highest BCUT2D eigenvalue weighted by molar-refractivity contribution is 7.93. The number of nitrogens with zero attached hydrogens (tertiary/aromatic N) is 2. The first-order valence-corrected chi connectivity index (χ1v) is 8.61. The van der Waals surface area contributed by atoms with Crippen molar-refractivity contribution in [2.45, 2.75) is 19.2 Å². The summed E-state index contributed by atoms with van der Waals surface area (Å²) in [4.78, 5) is 0. The van der Waals surface area contributed by atoms with Crippen LogP contribution < -0.4 is 0 Å². The van der Waals surface area contributed by atoms with Crippen LogP contribution in [0.2, 0.25) is 0 Å². The lowest BCUT2D eigenvalue weighted by atomic mass is 10.2. The molecule has 1 unspecified atom stereocenters. The Hall–Kier alpha value is -2.12. The van der Waals surface area contributed by atoms with E-state index in [9.17, 15) is 4.21 Å². The van der Waals surface area contributed by atoms with Crippen molar-refractivity contribution in [1.29, 1.82) is 5.26 Å². The van der Waals surface area contributed by atoms with E-state index in [0.29, 0.717) is 12.3 Å². The Morgan fingerprint density at radius 2 is 1.71 bits per heavy atom. The molecule has 4 heteroatoms. The number of hydrogen-bond donors (Lipinski definition) is 0. The van der Waals surface area contributed by atoms with Gasteiger partial charge in [0.15, 0.2) is 0 Å². The average molecular weight is 298 g/mol. The van der Waals surface area contributed by atoms with Gasteiger partial charge >= 0.3 is 0 Å². The van der Waals surface area contributed by atoms with E-state index in [4.69, 9.17) is 5.26 Å². The molecule has 0 N–H and O–H groups in total. The van der Waals surface area contributed by atoms with Crippen LogP contribution >= 0.6 is 0 Å². The first-order valence-electron chi connectivity index (χ1n) is 6.76. The van der Waals surface area contributed by atoms with E-state index >= 15 is 0 Å². The van der Waals surface area contributed by atoms with E-state index in [-0.39, 0.29) is 5.75 Å². The van der Waals surface area contributed by atoms with Gasteiger partial charge in [-0.2, -0.15) is 5.26 Å². The standard InChI is InChI=1S/C17H18N2OS/c1-15-7-9-17(10-8-15)14-21(20,12-11-18)19-13-16-5-3-2-4-6-16/h2-10H,12-14H2,1H3. The molecule has 0 heterocycles. The Balaban J connectivity index is 2.21. The van der Waals surface area contributed by atoms with Crippen LogP contribution in [0.3, 0.4) is 0 Å². The van der Waals surface area contributed by atoms with Crippen molar-refractivity contribution in [3.05, 3.63) is 71.3 Å². The van der Waals surface area contributed by atoms with E-state index in [1.54, 1.807) is 0 Å². The van der Waals surface area contributed by atoms with Crippen molar-refractivity contribution in [3.63, 3.8) is 0 Å². The van der Waals surface area contributed by atoms with Crippen molar-refractivity contribution in [2.24, 2.45) is 4.36 Å². The summed E-state index contributed by atoms with van der Waals surface area (Å²) >= 11 is 0. The Labute approximate surface area is 126 Å².